The lowest BCUT2D eigenvalue weighted by Crippen LogP contribution is -2.34. The number of piperidine rings is 1. The minimum Gasteiger partial charge on any atom is -0.396 e. The zero-order valence-electron chi connectivity index (χ0n) is 10.9. The van der Waals surface area contributed by atoms with E-state index in [0.717, 1.165) is 36.1 Å². The molecule has 0 spiro atoms. The number of pyridine rings is 1. The number of anilines is 2. The molecular weight excluding hydrogens is 210 g/mol. The van der Waals surface area contributed by atoms with Gasteiger partial charge in [0.25, 0.3) is 0 Å². The van der Waals surface area contributed by atoms with Gasteiger partial charge >= 0.3 is 0 Å². The van der Waals surface area contributed by atoms with E-state index in [-0.39, 0.29) is 0 Å². The van der Waals surface area contributed by atoms with Crippen LogP contribution in [0.1, 0.15) is 38.2 Å². The molecule has 0 amide bonds. The average molecular weight is 233 g/mol. The molecule has 0 atom stereocenters. The van der Waals surface area contributed by atoms with Crippen LogP contribution >= 0.6 is 0 Å². The van der Waals surface area contributed by atoms with E-state index in [2.05, 4.69) is 16.8 Å². The third kappa shape index (κ3) is 2.71. The van der Waals surface area contributed by atoms with Crippen LogP contribution in [0.3, 0.4) is 0 Å². The molecule has 2 heterocycles. The minimum absolute atomic E-state index is 0.849. The van der Waals surface area contributed by atoms with E-state index in [1.54, 1.807) is 0 Å². The topological polar surface area (TPSA) is 42.2 Å². The monoisotopic (exact) mass is 233 g/mol. The second-order valence-electron chi connectivity index (χ2n) is 5.08. The Labute approximate surface area is 104 Å². The van der Waals surface area contributed by atoms with Gasteiger partial charge in [0, 0.05) is 19.3 Å². The molecule has 94 valence electrons. The van der Waals surface area contributed by atoms with E-state index < -0.39 is 0 Å². The predicted octanol–water partition coefficient (Wildman–Crippen LogP) is 2.99. The molecule has 1 fully saturated rings. The van der Waals surface area contributed by atoms with E-state index in [9.17, 15) is 0 Å². The minimum atomic E-state index is 0.849. The third-order valence-corrected chi connectivity index (χ3v) is 3.80. The van der Waals surface area contributed by atoms with Gasteiger partial charge in [-0.3, -0.25) is 0 Å². The van der Waals surface area contributed by atoms with E-state index in [1.165, 1.54) is 25.7 Å². The maximum atomic E-state index is 6.10. The lowest BCUT2D eigenvalue weighted by molar-refractivity contribution is 0.377. The van der Waals surface area contributed by atoms with Gasteiger partial charge in [-0.1, -0.05) is 19.8 Å². The molecule has 0 bridgehead atoms. The summed E-state index contributed by atoms with van der Waals surface area (Å²) in [5, 5.41) is 0. The van der Waals surface area contributed by atoms with Crippen molar-refractivity contribution in [3.05, 3.63) is 17.8 Å². The summed E-state index contributed by atoms with van der Waals surface area (Å²) in [4.78, 5) is 6.78. The quantitative estimate of drug-likeness (QED) is 0.872. The summed E-state index contributed by atoms with van der Waals surface area (Å²) in [5.74, 6) is 1.89. The first kappa shape index (κ1) is 12.2. The van der Waals surface area contributed by atoms with Crippen molar-refractivity contribution in [3.63, 3.8) is 0 Å². The van der Waals surface area contributed by atoms with E-state index in [1.807, 2.05) is 19.2 Å². The number of hydrogen-bond donors (Lipinski definition) is 1. The highest BCUT2D eigenvalue weighted by molar-refractivity contribution is 5.66. The van der Waals surface area contributed by atoms with Crippen molar-refractivity contribution < 1.29 is 0 Å². The molecule has 2 N–H and O–H groups in total. The van der Waals surface area contributed by atoms with Crippen LogP contribution in [0.4, 0.5) is 11.5 Å². The first-order chi connectivity index (χ1) is 8.22. The van der Waals surface area contributed by atoms with Gasteiger partial charge in [-0.25, -0.2) is 4.98 Å². The number of nitrogen functional groups attached to an aromatic ring is 1. The van der Waals surface area contributed by atoms with Crippen molar-refractivity contribution in [1.29, 1.82) is 0 Å². The molecule has 0 radical (unpaired) electrons. The zero-order chi connectivity index (χ0) is 12.3. The highest BCUT2D eigenvalue weighted by Gasteiger charge is 2.21. The van der Waals surface area contributed by atoms with Crippen LogP contribution in [0.2, 0.25) is 0 Å². The van der Waals surface area contributed by atoms with Gasteiger partial charge in [-0.15, -0.1) is 0 Å². The smallest absolute Gasteiger partial charge is 0.152 e. The number of aryl methyl sites for hydroxylation is 1. The molecule has 1 aromatic rings. The predicted molar refractivity (Wildman–Crippen MR) is 73.2 cm³/mol. The molecule has 0 aliphatic carbocycles. The molecule has 0 aromatic carbocycles. The van der Waals surface area contributed by atoms with Crippen molar-refractivity contribution >= 4 is 11.5 Å². The second-order valence-corrected chi connectivity index (χ2v) is 5.08. The Kier molecular flexibility index (Phi) is 3.87. The summed E-state index contributed by atoms with van der Waals surface area (Å²) in [6.07, 6.45) is 7.09. The van der Waals surface area contributed by atoms with Gasteiger partial charge in [0.15, 0.2) is 5.82 Å². The SMILES string of the molecule is CCCC1CCN(c2nccc(C)c2N)CC1. The van der Waals surface area contributed by atoms with Gasteiger partial charge in [0.2, 0.25) is 0 Å². The van der Waals surface area contributed by atoms with Crippen LogP contribution in [0.25, 0.3) is 0 Å². The fourth-order valence-electron chi connectivity index (χ4n) is 2.65. The summed E-state index contributed by atoms with van der Waals surface area (Å²) in [6, 6.07) is 1.97. The molecule has 3 heteroatoms. The molecule has 1 aliphatic heterocycles. The van der Waals surface area contributed by atoms with Crippen LogP contribution in [0, 0.1) is 12.8 Å². The molecule has 0 unspecified atom stereocenters. The highest BCUT2D eigenvalue weighted by Crippen LogP contribution is 2.29. The molecule has 1 saturated heterocycles. The van der Waals surface area contributed by atoms with Gasteiger partial charge in [0.05, 0.1) is 5.69 Å². The van der Waals surface area contributed by atoms with Crippen LogP contribution in [-0.2, 0) is 0 Å². The van der Waals surface area contributed by atoms with Crippen LogP contribution in [-0.4, -0.2) is 18.1 Å². The maximum absolute atomic E-state index is 6.10. The first-order valence-corrected chi connectivity index (χ1v) is 6.68. The summed E-state index contributed by atoms with van der Waals surface area (Å²) < 4.78 is 0. The zero-order valence-corrected chi connectivity index (χ0v) is 10.9. The number of rotatable bonds is 3. The number of hydrogen-bond acceptors (Lipinski definition) is 3. The number of nitrogens with two attached hydrogens (primary N) is 1. The standard InChI is InChI=1S/C14H23N3/c1-3-4-12-6-9-17(10-7-12)14-13(15)11(2)5-8-16-14/h5,8,12H,3-4,6-7,9-10,15H2,1-2H3. The van der Waals surface area contributed by atoms with Crippen LogP contribution in [0.5, 0.6) is 0 Å². The van der Waals surface area contributed by atoms with Crippen LogP contribution < -0.4 is 10.6 Å². The highest BCUT2D eigenvalue weighted by atomic mass is 15.2. The summed E-state index contributed by atoms with van der Waals surface area (Å²) in [5.41, 5.74) is 8.08. The lowest BCUT2D eigenvalue weighted by atomic mass is 9.92. The van der Waals surface area contributed by atoms with Gasteiger partial charge in [0.1, 0.15) is 0 Å². The van der Waals surface area contributed by atoms with Crippen molar-refractivity contribution in [1.82, 2.24) is 4.98 Å². The summed E-state index contributed by atoms with van der Waals surface area (Å²) in [7, 11) is 0. The molecule has 3 nitrogen and oxygen atoms in total. The molecule has 17 heavy (non-hydrogen) atoms. The number of aromatic nitrogens is 1. The average Bonchev–Trinajstić information content (AvgIpc) is 2.34. The Morgan fingerprint density at radius 3 is 2.76 bits per heavy atom. The molecule has 2 rings (SSSR count). The molecular formula is C14H23N3. The largest absolute Gasteiger partial charge is 0.396 e. The third-order valence-electron chi connectivity index (χ3n) is 3.80. The van der Waals surface area contributed by atoms with E-state index in [4.69, 9.17) is 5.73 Å². The summed E-state index contributed by atoms with van der Waals surface area (Å²) in [6.45, 7) is 6.52. The maximum Gasteiger partial charge on any atom is 0.152 e. The lowest BCUT2D eigenvalue weighted by Gasteiger charge is -2.33. The van der Waals surface area contributed by atoms with Crippen molar-refractivity contribution in [2.75, 3.05) is 23.7 Å². The van der Waals surface area contributed by atoms with Crippen molar-refractivity contribution in [3.8, 4) is 0 Å². The second kappa shape index (κ2) is 5.39. The number of nitrogens with zero attached hydrogens (tertiary/aromatic N) is 2. The van der Waals surface area contributed by atoms with Gasteiger partial charge < -0.3 is 10.6 Å². The first-order valence-electron chi connectivity index (χ1n) is 6.68. The molecule has 1 aromatic heterocycles. The van der Waals surface area contributed by atoms with E-state index in [0.29, 0.717) is 0 Å². The van der Waals surface area contributed by atoms with E-state index >= 15 is 0 Å². The van der Waals surface area contributed by atoms with Crippen LogP contribution in [0.15, 0.2) is 12.3 Å². The van der Waals surface area contributed by atoms with Crippen molar-refractivity contribution in [2.45, 2.75) is 39.5 Å². The Hall–Kier alpha value is -1.25. The molecule has 1 aliphatic rings. The van der Waals surface area contributed by atoms with Gasteiger partial charge in [-0.05, 0) is 37.3 Å². The Morgan fingerprint density at radius 2 is 2.12 bits per heavy atom. The summed E-state index contributed by atoms with van der Waals surface area (Å²) >= 11 is 0. The molecule has 0 saturated carbocycles. The fourth-order valence-corrected chi connectivity index (χ4v) is 2.65. The Bertz CT molecular complexity index is 368. The van der Waals surface area contributed by atoms with Gasteiger partial charge in [-0.2, -0.15) is 0 Å². The fraction of sp³-hybridized carbons (Fsp3) is 0.643. The normalized spacial score (nSPS) is 17.4. The Balaban J connectivity index is 2.03. The van der Waals surface area contributed by atoms with Crippen molar-refractivity contribution in [2.24, 2.45) is 5.92 Å². The Morgan fingerprint density at radius 1 is 1.41 bits per heavy atom.